The lowest BCUT2D eigenvalue weighted by Gasteiger charge is -2.24. The van der Waals surface area contributed by atoms with Gasteiger partial charge in [0.1, 0.15) is 5.82 Å². The predicted octanol–water partition coefficient (Wildman–Crippen LogP) is 2.87. The van der Waals surface area contributed by atoms with Crippen molar-refractivity contribution in [2.24, 2.45) is 0 Å². The molecule has 20 heavy (non-hydrogen) atoms. The first-order valence-electron chi connectivity index (χ1n) is 7.17. The molecule has 4 nitrogen and oxygen atoms in total. The Labute approximate surface area is 118 Å². The molecule has 0 saturated heterocycles. The minimum absolute atomic E-state index is 0.147. The smallest absolute Gasteiger partial charge is 0.132 e. The van der Waals surface area contributed by atoms with Gasteiger partial charge >= 0.3 is 0 Å². The average Bonchev–Trinajstić information content (AvgIpc) is 2.48. The fraction of sp³-hybridized carbons (Fsp3) is 0.438. The lowest BCUT2D eigenvalue weighted by Crippen LogP contribution is -2.19. The molecular formula is C16H19N3O. The molecule has 3 rings (SSSR count). The minimum Gasteiger partial charge on any atom is -0.393 e. The number of nitrogens with zero attached hydrogens (tertiary/aromatic N) is 3. The zero-order valence-corrected chi connectivity index (χ0v) is 11.7. The molecule has 2 aromatic rings. The molecule has 1 aliphatic carbocycles. The number of hydrogen-bond donors (Lipinski definition) is 1. The van der Waals surface area contributed by atoms with Crippen LogP contribution in [0.15, 0.2) is 30.5 Å². The van der Waals surface area contributed by atoms with Gasteiger partial charge in [0, 0.05) is 17.8 Å². The maximum atomic E-state index is 9.61. The Kier molecular flexibility index (Phi) is 3.74. The first-order chi connectivity index (χ1) is 9.72. The third kappa shape index (κ3) is 2.85. The summed E-state index contributed by atoms with van der Waals surface area (Å²) >= 11 is 0. The molecular weight excluding hydrogens is 250 g/mol. The van der Waals surface area contributed by atoms with Crippen LogP contribution < -0.4 is 0 Å². The van der Waals surface area contributed by atoms with Gasteiger partial charge in [0.25, 0.3) is 0 Å². The second-order valence-electron chi connectivity index (χ2n) is 5.47. The van der Waals surface area contributed by atoms with Gasteiger partial charge in [0.2, 0.25) is 0 Å². The second kappa shape index (κ2) is 5.67. The minimum atomic E-state index is -0.147. The van der Waals surface area contributed by atoms with Crippen molar-refractivity contribution in [3.63, 3.8) is 0 Å². The molecule has 0 aromatic carbocycles. The highest BCUT2D eigenvalue weighted by Gasteiger charge is 2.23. The Bertz CT molecular complexity index is 578. The summed E-state index contributed by atoms with van der Waals surface area (Å²) in [6, 6.07) is 7.82. The Hall–Kier alpha value is -1.81. The van der Waals surface area contributed by atoms with Gasteiger partial charge in [-0.25, -0.2) is 9.97 Å². The van der Waals surface area contributed by atoms with E-state index in [-0.39, 0.29) is 6.10 Å². The number of hydrogen-bond acceptors (Lipinski definition) is 4. The number of rotatable bonds is 2. The van der Waals surface area contributed by atoms with Crippen LogP contribution in [0.5, 0.6) is 0 Å². The van der Waals surface area contributed by atoms with Gasteiger partial charge in [-0.15, -0.1) is 0 Å². The summed E-state index contributed by atoms with van der Waals surface area (Å²) < 4.78 is 0. The normalized spacial score (nSPS) is 22.7. The molecule has 1 fully saturated rings. The first kappa shape index (κ1) is 13.2. The quantitative estimate of drug-likeness (QED) is 0.910. The summed E-state index contributed by atoms with van der Waals surface area (Å²) in [6.07, 6.45) is 5.26. The van der Waals surface area contributed by atoms with E-state index in [2.05, 4.69) is 9.97 Å². The third-order valence-electron chi connectivity index (χ3n) is 3.86. The van der Waals surface area contributed by atoms with Crippen molar-refractivity contribution in [2.75, 3.05) is 0 Å². The maximum Gasteiger partial charge on any atom is 0.132 e. The summed E-state index contributed by atoms with van der Waals surface area (Å²) in [4.78, 5) is 13.6. The monoisotopic (exact) mass is 269 g/mol. The molecule has 0 unspecified atom stereocenters. The third-order valence-corrected chi connectivity index (χ3v) is 3.86. The zero-order chi connectivity index (χ0) is 13.9. The predicted molar refractivity (Wildman–Crippen MR) is 77.2 cm³/mol. The molecule has 0 radical (unpaired) electrons. The van der Waals surface area contributed by atoms with Crippen molar-refractivity contribution in [2.45, 2.75) is 44.6 Å². The molecule has 0 bridgehead atoms. The lowest BCUT2D eigenvalue weighted by molar-refractivity contribution is 0.121. The van der Waals surface area contributed by atoms with Gasteiger partial charge in [-0.3, -0.25) is 4.98 Å². The van der Waals surface area contributed by atoms with Gasteiger partial charge in [0.15, 0.2) is 0 Å². The summed E-state index contributed by atoms with van der Waals surface area (Å²) in [7, 11) is 0. The Morgan fingerprint density at radius 1 is 1.05 bits per heavy atom. The van der Waals surface area contributed by atoms with Crippen molar-refractivity contribution in [1.29, 1.82) is 0 Å². The number of aromatic nitrogens is 3. The van der Waals surface area contributed by atoms with Gasteiger partial charge in [-0.1, -0.05) is 6.07 Å². The van der Waals surface area contributed by atoms with Crippen LogP contribution in [0.1, 0.15) is 43.1 Å². The van der Waals surface area contributed by atoms with E-state index < -0.39 is 0 Å². The first-order valence-corrected chi connectivity index (χ1v) is 7.17. The molecule has 2 heterocycles. The van der Waals surface area contributed by atoms with E-state index >= 15 is 0 Å². The molecule has 1 saturated carbocycles. The highest BCUT2D eigenvalue weighted by atomic mass is 16.3. The molecule has 4 heteroatoms. The van der Waals surface area contributed by atoms with Crippen LogP contribution in [0.4, 0.5) is 0 Å². The van der Waals surface area contributed by atoms with Crippen molar-refractivity contribution < 1.29 is 5.11 Å². The molecule has 0 spiro atoms. The van der Waals surface area contributed by atoms with E-state index in [1.54, 1.807) is 6.20 Å². The second-order valence-corrected chi connectivity index (χ2v) is 5.47. The van der Waals surface area contributed by atoms with Crippen molar-refractivity contribution >= 4 is 0 Å². The summed E-state index contributed by atoms with van der Waals surface area (Å²) in [6.45, 7) is 2.00. The van der Waals surface area contributed by atoms with Gasteiger partial charge < -0.3 is 5.11 Å². The number of aryl methyl sites for hydroxylation is 1. The Balaban J connectivity index is 1.91. The van der Waals surface area contributed by atoms with E-state index in [9.17, 15) is 5.11 Å². The molecule has 0 atom stereocenters. The molecule has 2 aromatic heterocycles. The Morgan fingerprint density at radius 3 is 2.55 bits per heavy atom. The van der Waals surface area contributed by atoms with Gasteiger partial charge in [-0.05, 0) is 50.8 Å². The molecule has 0 aliphatic heterocycles. The molecule has 0 amide bonds. The van der Waals surface area contributed by atoms with Crippen LogP contribution in [0.2, 0.25) is 0 Å². The number of aliphatic hydroxyl groups excluding tert-OH is 1. The van der Waals surface area contributed by atoms with E-state index in [1.807, 2.05) is 31.2 Å². The van der Waals surface area contributed by atoms with Crippen LogP contribution in [0.3, 0.4) is 0 Å². The topological polar surface area (TPSA) is 58.9 Å². The number of pyridine rings is 1. The fourth-order valence-corrected chi connectivity index (χ4v) is 2.75. The molecule has 1 N–H and O–H groups in total. The van der Waals surface area contributed by atoms with E-state index in [4.69, 9.17) is 4.98 Å². The highest BCUT2D eigenvalue weighted by Crippen LogP contribution is 2.31. The largest absolute Gasteiger partial charge is 0.393 e. The summed E-state index contributed by atoms with van der Waals surface area (Å²) in [5.74, 6) is 1.26. The SMILES string of the molecule is Cc1cc(-c2ccccn2)nc(C2CCC(O)CC2)n1. The van der Waals surface area contributed by atoms with E-state index in [1.165, 1.54) is 0 Å². The van der Waals surface area contributed by atoms with Crippen LogP contribution in [-0.2, 0) is 0 Å². The van der Waals surface area contributed by atoms with Crippen LogP contribution >= 0.6 is 0 Å². The van der Waals surface area contributed by atoms with Crippen molar-refractivity contribution in [1.82, 2.24) is 15.0 Å². The van der Waals surface area contributed by atoms with Crippen LogP contribution in [-0.4, -0.2) is 26.2 Å². The van der Waals surface area contributed by atoms with Crippen LogP contribution in [0, 0.1) is 6.92 Å². The van der Waals surface area contributed by atoms with Gasteiger partial charge in [0.05, 0.1) is 17.5 Å². The highest BCUT2D eigenvalue weighted by molar-refractivity contribution is 5.53. The number of aliphatic hydroxyl groups is 1. The van der Waals surface area contributed by atoms with Gasteiger partial charge in [-0.2, -0.15) is 0 Å². The fourth-order valence-electron chi connectivity index (χ4n) is 2.75. The van der Waals surface area contributed by atoms with Crippen molar-refractivity contribution in [3.8, 4) is 11.4 Å². The Morgan fingerprint density at radius 2 is 1.85 bits per heavy atom. The average molecular weight is 269 g/mol. The van der Waals surface area contributed by atoms with Crippen molar-refractivity contribution in [3.05, 3.63) is 42.0 Å². The zero-order valence-electron chi connectivity index (χ0n) is 11.7. The van der Waals surface area contributed by atoms with E-state index in [0.717, 1.165) is 48.6 Å². The molecule has 1 aliphatic rings. The lowest BCUT2D eigenvalue weighted by atomic mass is 9.87. The standard InChI is InChI=1S/C16H19N3O/c1-11-10-15(14-4-2-3-9-17-14)19-16(18-11)12-5-7-13(20)8-6-12/h2-4,9-10,12-13,20H,5-8H2,1H3. The van der Waals surface area contributed by atoms with E-state index in [0.29, 0.717) is 5.92 Å². The summed E-state index contributed by atoms with van der Waals surface area (Å²) in [5.41, 5.74) is 2.75. The maximum absolute atomic E-state index is 9.61. The summed E-state index contributed by atoms with van der Waals surface area (Å²) in [5, 5.41) is 9.61. The van der Waals surface area contributed by atoms with Crippen LogP contribution in [0.25, 0.3) is 11.4 Å². The molecule has 104 valence electrons.